The molecule has 23 heavy (non-hydrogen) atoms. The van der Waals surface area contributed by atoms with Crippen LogP contribution in [0.4, 0.5) is 0 Å². The SMILES string of the molecule is O=C(N/N=C(\c1ccccc1)c1cccnc1)c1cccnc1. The Bertz CT molecular complexity index is 761. The van der Waals surface area contributed by atoms with Gasteiger partial charge in [-0.25, -0.2) is 5.43 Å². The normalized spacial score (nSPS) is 11.0. The van der Waals surface area contributed by atoms with Gasteiger partial charge in [-0.2, -0.15) is 5.10 Å². The molecule has 0 spiro atoms. The minimum atomic E-state index is -0.310. The highest BCUT2D eigenvalue weighted by Crippen LogP contribution is 2.09. The lowest BCUT2D eigenvalue weighted by Gasteiger charge is -2.07. The molecule has 0 aliphatic rings. The fraction of sp³-hybridized carbons (Fsp3) is 0. The fourth-order valence-corrected chi connectivity index (χ4v) is 2.06. The summed E-state index contributed by atoms with van der Waals surface area (Å²) in [6.07, 6.45) is 6.52. The van der Waals surface area contributed by atoms with E-state index in [9.17, 15) is 4.79 Å². The summed E-state index contributed by atoms with van der Waals surface area (Å²) in [5.41, 5.74) is 5.40. The van der Waals surface area contributed by atoms with Crippen molar-refractivity contribution in [3.05, 3.63) is 96.1 Å². The van der Waals surface area contributed by atoms with E-state index in [0.29, 0.717) is 11.3 Å². The number of nitrogens with one attached hydrogen (secondary N) is 1. The van der Waals surface area contributed by atoms with Crippen LogP contribution in [0.25, 0.3) is 0 Å². The number of pyridine rings is 2. The number of amides is 1. The van der Waals surface area contributed by atoms with Crippen molar-refractivity contribution < 1.29 is 4.79 Å². The average molecular weight is 302 g/mol. The van der Waals surface area contributed by atoms with Crippen molar-refractivity contribution in [1.82, 2.24) is 15.4 Å². The number of rotatable bonds is 4. The third-order valence-corrected chi connectivity index (χ3v) is 3.18. The van der Waals surface area contributed by atoms with Crippen LogP contribution in [0.3, 0.4) is 0 Å². The van der Waals surface area contributed by atoms with Gasteiger partial charge in [0.15, 0.2) is 0 Å². The number of hydrazone groups is 1. The van der Waals surface area contributed by atoms with Crippen LogP contribution in [0.5, 0.6) is 0 Å². The monoisotopic (exact) mass is 302 g/mol. The van der Waals surface area contributed by atoms with E-state index in [1.807, 2.05) is 42.5 Å². The summed E-state index contributed by atoms with van der Waals surface area (Å²) in [6, 6.07) is 16.8. The van der Waals surface area contributed by atoms with Crippen LogP contribution in [-0.4, -0.2) is 21.6 Å². The van der Waals surface area contributed by atoms with Crippen molar-refractivity contribution >= 4 is 11.6 Å². The van der Waals surface area contributed by atoms with Crippen LogP contribution in [0.1, 0.15) is 21.5 Å². The van der Waals surface area contributed by atoms with Gasteiger partial charge in [0.2, 0.25) is 0 Å². The van der Waals surface area contributed by atoms with Crippen LogP contribution < -0.4 is 5.43 Å². The maximum atomic E-state index is 12.1. The first-order valence-corrected chi connectivity index (χ1v) is 7.08. The van der Waals surface area contributed by atoms with Gasteiger partial charge in [-0.05, 0) is 24.3 Å². The summed E-state index contributed by atoms with van der Waals surface area (Å²) < 4.78 is 0. The second kappa shape index (κ2) is 7.09. The molecule has 3 rings (SSSR count). The Morgan fingerprint density at radius 2 is 1.39 bits per heavy atom. The third-order valence-electron chi connectivity index (χ3n) is 3.18. The van der Waals surface area contributed by atoms with E-state index in [4.69, 9.17) is 0 Å². The summed E-state index contributed by atoms with van der Waals surface area (Å²) in [5, 5.41) is 4.29. The van der Waals surface area contributed by atoms with Gasteiger partial charge < -0.3 is 0 Å². The molecule has 1 N–H and O–H groups in total. The molecular weight excluding hydrogens is 288 g/mol. The first-order chi connectivity index (χ1) is 11.3. The number of benzene rings is 1. The molecule has 3 aromatic rings. The molecule has 0 saturated heterocycles. The third kappa shape index (κ3) is 3.65. The minimum absolute atomic E-state index is 0.310. The van der Waals surface area contributed by atoms with E-state index in [-0.39, 0.29) is 5.91 Å². The van der Waals surface area contributed by atoms with E-state index < -0.39 is 0 Å². The second-order valence-electron chi connectivity index (χ2n) is 4.75. The molecule has 1 amide bonds. The molecule has 0 fully saturated rings. The Hall–Kier alpha value is -3.34. The second-order valence-corrected chi connectivity index (χ2v) is 4.75. The summed E-state index contributed by atoms with van der Waals surface area (Å²) in [5.74, 6) is -0.310. The standard InChI is InChI=1S/C18H14N4O/c23-18(16-9-5-11-20-13-16)22-21-17(14-6-2-1-3-7-14)15-8-4-10-19-12-15/h1-13H,(H,22,23)/b21-17+. The van der Waals surface area contributed by atoms with Crippen LogP contribution in [0, 0.1) is 0 Å². The highest BCUT2D eigenvalue weighted by Gasteiger charge is 2.09. The average Bonchev–Trinajstić information content (AvgIpc) is 2.64. The lowest BCUT2D eigenvalue weighted by atomic mass is 10.0. The molecule has 0 bridgehead atoms. The highest BCUT2D eigenvalue weighted by molar-refractivity contribution is 6.13. The lowest BCUT2D eigenvalue weighted by Crippen LogP contribution is -2.20. The van der Waals surface area contributed by atoms with Gasteiger partial charge in [0, 0.05) is 35.9 Å². The van der Waals surface area contributed by atoms with E-state index in [2.05, 4.69) is 20.5 Å². The molecule has 0 aliphatic carbocycles. The van der Waals surface area contributed by atoms with E-state index in [0.717, 1.165) is 11.1 Å². The smallest absolute Gasteiger partial charge is 0.267 e. The van der Waals surface area contributed by atoms with E-state index >= 15 is 0 Å². The molecule has 5 heteroatoms. The fourth-order valence-electron chi connectivity index (χ4n) is 2.06. The Labute approximate surface area is 133 Å². The summed E-state index contributed by atoms with van der Waals surface area (Å²) >= 11 is 0. The summed E-state index contributed by atoms with van der Waals surface area (Å²) in [7, 11) is 0. The Kier molecular flexibility index (Phi) is 4.49. The van der Waals surface area contributed by atoms with Crippen LogP contribution in [0.2, 0.25) is 0 Å². The van der Waals surface area contributed by atoms with Crippen molar-refractivity contribution in [2.45, 2.75) is 0 Å². The zero-order chi connectivity index (χ0) is 15.9. The van der Waals surface area contributed by atoms with Crippen LogP contribution in [0.15, 0.2) is 84.5 Å². The first kappa shape index (κ1) is 14.6. The van der Waals surface area contributed by atoms with Gasteiger partial charge >= 0.3 is 0 Å². The molecule has 2 heterocycles. The zero-order valence-corrected chi connectivity index (χ0v) is 12.3. The zero-order valence-electron chi connectivity index (χ0n) is 12.3. The van der Waals surface area contributed by atoms with Crippen LogP contribution in [-0.2, 0) is 0 Å². The summed E-state index contributed by atoms with van der Waals surface area (Å²) in [4.78, 5) is 20.2. The number of hydrogen-bond acceptors (Lipinski definition) is 4. The van der Waals surface area contributed by atoms with Crippen molar-refractivity contribution in [3.63, 3.8) is 0 Å². The highest BCUT2D eigenvalue weighted by atomic mass is 16.2. The predicted molar refractivity (Wildman–Crippen MR) is 88.0 cm³/mol. The largest absolute Gasteiger partial charge is 0.272 e. The molecule has 0 saturated carbocycles. The Morgan fingerprint density at radius 3 is 2.00 bits per heavy atom. The van der Waals surface area contributed by atoms with E-state index in [1.165, 1.54) is 6.20 Å². The number of carbonyl (C=O) groups excluding carboxylic acids is 1. The quantitative estimate of drug-likeness (QED) is 0.595. The molecule has 0 radical (unpaired) electrons. The lowest BCUT2D eigenvalue weighted by molar-refractivity contribution is 0.0954. The maximum Gasteiger partial charge on any atom is 0.272 e. The minimum Gasteiger partial charge on any atom is -0.267 e. The molecule has 2 aromatic heterocycles. The van der Waals surface area contributed by atoms with Crippen LogP contribution >= 0.6 is 0 Å². The predicted octanol–water partition coefficient (Wildman–Crippen LogP) is 2.66. The molecule has 0 unspecified atom stereocenters. The topological polar surface area (TPSA) is 67.2 Å². The Morgan fingerprint density at radius 1 is 0.783 bits per heavy atom. The molecule has 0 aliphatic heterocycles. The number of carbonyl (C=O) groups is 1. The van der Waals surface area contributed by atoms with Gasteiger partial charge in [-0.15, -0.1) is 0 Å². The van der Waals surface area contributed by atoms with E-state index in [1.54, 1.807) is 30.7 Å². The molecule has 112 valence electrons. The number of aromatic nitrogens is 2. The maximum absolute atomic E-state index is 12.1. The number of hydrogen-bond donors (Lipinski definition) is 1. The van der Waals surface area contributed by atoms with Crippen molar-refractivity contribution in [3.8, 4) is 0 Å². The molecular formula is C18H14N4O. The van der Waals surface area contributed by atoms with Gasteiger partial charge in [-0.1, -0.05) is 30.3 Å². The Balaban J connectivity index is 1.91. The first-order valence-electron chi connectivity index (χ1n) is 7.08. The van der Waals surface area contributed by atoms with Crippen molar-refractivity contribution in [2.75, 3.05) is 0 Å². The molecule has 0 atom stereocenters. The molecule has 5 nitrogen and oxygen atoms in total. The van der Waals surface area contributed by atoms with Gasteiger partial charge in [0.1, 0.15) is 0 Å². The van der Waals surface area contributed by atoms with Gasteiger partial charge in [0.05, 0.1) is 11.3 Å². The summed E-state index contributed by atoms with van der Waals surface area (Å²) in [6.45, 7) is 0. The van der Waals surface area contributed by atoms with Gasteiger partial charge in [0.25, 0.3) is 5.91 Å². The van der Waals surface area contributed by atoms with Crippen molar-refractivity contribution in [1.29, 1.82) is 0 Å². The molecule has 1 aromatic carbocycles. The number of nitrogens with zero attached hydrogens (tertiary/aromatic N) is 3. The van der Waals surface area contributed by atoms with Gasteiger partial charge in [-0.3, -0.25) is 14.8 Å². The van der Waals surface area contributed by atoms with Crippen molar-refractivity contribution in [2.24, 2.45) is 5.10 Å².